The Morgan fingerprint density at radius 2 is 1.69 bits per heavy atom. The van der Waals surface area contributed by atoms with Gasteiger partial charge in [-0.2, -0.15) is 0 Å². The quantitative estimate of drug-likeness (QED) is 0.696. The van der Waals surface area contributed by atoms with Gasteiger partial charge in [-0.25, -0.2) is 4.79 Å². The fraction of sp³-hybridized carbons (Fsp3) is 0.300. The third-order valence-electron chi connectivity index (χ3n) is 3.79. The monoisotopic (exact) mass is 419 g/mol. The standard InChI is InChI=1S/C20H22BrNO4/c1-5-25-20(24)15-6-7-17(12(2)8-15)22-18(23)11-26-16-9-13(3)19(21)14(4)10-16/h6-10H,5,11H2,1-4H3,(H,22,23). The summed E-state index contributed by atoms with van der Waals surface area (Å²) in [5.41, 5.74) is 3.96. The number of ether oxygens (including phenoxy) is 2. The molecule has 0 unspecified atom stereocenters. The van der Waals surface area contributed by atoms with E-state index < -0.39 is 0 Å². The van der Waals surface area contributed by atoms with E-state index >= 15 is 0 Å². The van der Waals surface area contributed by atoms with Crippen LogP contribution < -0.4 is 10.1 Å². The van der Waals surface area contributed by atoms with Crippen LogP contribution in [0.15, 0.2) is 34.8 Å². The Balaban J connectivity index is 1.98. The molecule has 1 amide bonds. The second-order valence-corrected chi connectivity index (χ2v) is 6.75. The normalized spacial score (nSPS) is 10.3. The lowest BCUT2D eigenvalue weighted by Gasteiger charge is -2.12. The highest BCUT2D eigenvalue weighted by molar-refractivity contribution is 9.10. The molecule has 0 aliphatic rings. The minimum atomic E-state index is -0.377. The Morgan fingerprint density at radius 1 is 1.04 bits per heavy atom. The molecule has 5 nitrogen and oxygen atoms in total. The lowest BCUT2D eigenvalue weighted by atomic mass is 10.1. The Hall–Kier alpha value is -2.34. The van der Waals surface area contributed by atoms with Gasteiger partial charge in [-0.05, 0) is 74.7 Å². The van der Waals surface area contributed by atoms with Crippen LogP contribution in [0, 0.1) is 20.8 Å². The third kappa shape index (κ3) is 5.08. The molecule has 6 heteroatoms. The van der Waals surface area contributed by atoms with Crippen LogP contribution in [0.5, 0.6) is 5.75 Å². The van der Waals surface area contributed by atoms with Crippen LogP contribution in [0.1, 0.15) is 34.0 Å². The van der Waals surface area contributed by atoms with Gasteiger partial charge in [0.05, 0.1) is 12.2 Å². The zero-order valence-corrected chi connectivity index (χ0v) is 16.9. The summed E-state index contributed by atoms with van der Waals surface area (Å²) in [6.45, 7) is 7.74. The average Bonchev–Trinajstić information content (AvgIpc) is 2.59. The van der Waals surface area contributed by atoms with E-state index in [-0.39, 0.29) is 18.5 Å². The van der Waals surface area contributed by atoms with Crippen LogP contribution in [-0.2, 0) is 9.53 Å². The predicted octanol–water partition coefficient (Wildman–Crippen LogP) is 4.57. The molecule has 0 aliphatic heterocycles. The number of hydrogen-bond donors (Lipinski definition) is 1. The first-order valence-corrected chi connectivity index (χ1v) is 9.08. The number of anilines is 1. The number of hydrogen-bond acceptors (Lipinski definition) is 4. The van der Waals surface area contributed by atoms with Crippen molar-refractivity contribution in [3.63, 3.8) is 0 Å². The number of rotatable bonds is 6. The summed E-state index contributed by atoms with van der Waals surface area (Å²) in [5, 5.41) is 2.79. The number of amides is 1. The van der Waals surface area contributed by atoms with E-state index in [9.17, 15) is 9.59 Å². The van der Waals surface area contributed by atoms with Crippen molar-refractivity contribution in [2.75, 3.05) is 18.5 Å². The van der Waals surface area contributed by atoms with Gasteiger partial charge in [-0.15, -0.1) is 0 Å². The predicted molar refractivity (Wildman–Crippen MR) is 105 cm³/mol. The second kappa shape index (κ2) is 8.85. The van der Waals surface area contributed by atoms with Crippen molar-refractivity contribution in [3.05, 3.63) is 57.1 Å². The molecule has 0 fully saturated rings. The Kier molecular flexibility index (Phi) is 6.80. The van der Waals surface area contributed by atoms with Crippen LogP contribution in [0.2, 0.25) is 0 Å². The Bertz CT molecular complexity index is 810. The Labute approximate surface area is 161 Å². The van der Waals surface area contributed by atoms with Crippen LogP contribution in [0.4, 0.5) is 5.69 Å². The molecule has 0 spiro atoms. The molecular weight excluding hydrogens is 398 g/mol. The summed E-state index contributed by atoms with van der Waals surface area (Å²) < 4.78 is 11.6. The number of carbonyl (C=O) groups excluding carboxylic acids is 2. The largest absolute Gasteiger partial charge is 0.484 e. The van der Waals surface area contributed by atoms with Gasteiger partial charge in [0.15, 0.2) is 6.61 Å². The van der Waals surface area contributed by atoms with Crippen molar-refractivity contribution in [2.45, 2.75) is 27.7 Å². The maximum absolute atomic E-state index is 12.2. The molecule has 0 radical (unpaired) electrons. The number of aryl methyl sites for hydroxylation is 3. The first-order chi connectivity index (χ1) is 12.3. The van der Waals surface area contributed by atoms with E-state index in [0.717, 1.165) is 21.2 Å². The van der Waals surface area contributed by atoms with Crippen molar-refractivity contribution < 1.29 is 19.1 Å². The van der Waals surface area contributed by atoms with E-state index in [1.165, 1.54) is 0 Å². The van der Waals surface area contributed by atoms with Crippen molar-refractivity contribution in [1.29, 1.82) is 0 Å². The summed E-state index contributed by atoms with van der Waals surface area (Å²) in [5.74, 6) is 0.000674. The highest BCUT2D eigenvalue weighted by Gasteiger charge is 2.11. The Morgan fingerprint density at radius 3 is 2.27 bits per heavy atom. The fourth-order valence-electron chi connectivity index (χ4n) is 2.47. The first-order valence-electron chi connectivity index (χ1n) is 8.29. The van der Waals surface area contributed by atoms with Gasteiger partial charge in [-0.1, -0.05) is 15.9 Å². The molecule has 2 aromatic carbocycles. The number of halogens is 1. The van der Waals surface area contributed by atoms with Crippen LogP contribution in [0.3, 0.4) is 0 Å². The number of nitrogens with one attached hydrogen (secondary N) is 1. The van der Waals surface area contributed by atoms with E-state index in [4.69, 9.17) is 9.47 Å². The first kappa shape index (κ1) is 20.0. The van der Waals surface area contributed by atoms with E-state index in [0.29, 0.717) is 23.6 Å². The molecule has 0 saturated carbocycles. The highest BCUT2D eigenvalue weighted by atomic mass is 79.9. The van der Waals surface area contributed by atoms with E-state index in [1.54, 1.807) is 25.1 Å². The lowest BCUT2D eigenvalue weighted by molar-refractivity contribution is -0.118. The van der Waals surface area contributed by atoms with E-state index in [2.05, 4.69) is 21.2 Å². The summed E-state index contributed by atoms with van der Waals surface area (Å²) in [7, 11) is 0. The molecule has 0 heterocycles. The SMILES string of the molecule is CCOC(=O)c1ccc(NC(=O)COc2cc(C)c(Br)c(C)c2)c(C)c1. The maximum atomic E-state index is 12.2. The van der Waals surface area contributed by atoms with Crippen molar-refractivity contribution in [2.24, 2.45) is 0 Å². The highest BCUT2D eigenvalue weighted by Crippen LogP contribution is 2.26. The van der Waals surface area contributed by atoms with Gasteiger partial charge >= 0.3 is 5.97 Å². The molecule has 138 valence electrons. The van der Waals surface area contributed by atoms with Crippen molar-refractivity contribution in [3.8, 4) is 5.75 Å². The van der Waals surface area contributed by atoms with Crippen molar-refractivity contribution >= 4 is 33.5 Å². The minimum Gasteiger partial charge on any atom is -0.484 e. The molecule has 1 N–H and O–H groups in total. The topological polar surface area (TPSA) is 64.6 Å². The molecule has 0 bridgehead atoms. The second-order valence-electron chi connectivity index (χ2n) is 5.96. The minimum absolute atomic E-state index is 0.0976. The molecule has 0 aromatic heterocycles. The molecule has 0 saturated heterocycles. The third-order valence-corrected chi connectivity index (χ3v) is 5.04. The number of benzene rings is 2. The molecule has 26 heavy (non-hydrogen) atoms. The zero-order valence-electron chi connectivity index (χ0n) is 15.3. The molecule has 2 rings (SSSR count). The van der Waals surface area contributed by atoms with Crippen LogP contribution >= 0.6 is 15.9 Å². The zero-order chi connectivity index (χ0) is 19.3. The molecule has 0 atom stereocenters. The number of esters is 1. The molecule has 0 aliphatic carbocycles. The van der Waals surface area contributed by atoms with E-state index in [1.807, 2.05) is 32.9 Å². The van der Waals surface area contributed by atoms with Crippen LogP contribution in [-0.4, -0.2) is 25.1 Å². The lowest BCUT2D eigenvalue weighted by Crippen LogP contribution is -2.21. The van der Waals surface area contributed by atoms with Gasteiger partial charge in [0.1, 0.15) is 5.75 Å². The molecular formula is C20H22BrNO4. The summed E-state index contributed by atoms with van der Waals surface area (Å²) >= 11 is 3.50. The summed E-state index contributed by atoms with van der Waals surface area (Å²) in [4.78, 5) is 23.9. The maximum Gasteiger partial charge on any atom is 0.338 e. The van der Waals surface area contributed by atoms with Gasteiger partial charge in [-0.3, -0.25) is 4.79 Å². The van der Waals surface area contributed by atoms with Gasteiger partial charge in [0.2, 0.25) is 0 Å². The molecule has 2 aromatic rings. The van der Waals surface area contributed by atoms with Gasteiger partial charge in [0.25, 0.3) is 5.91 Å². The van der Waals surface area contributed by atoms with Crippen molar-refractivity contribution in [1.82, 2.24) is 0 Å². The van der Waals surface area contributed by atoms with Crippen LogP contribution in [0.25, 0.3) is 0 Å². The summed E-state index contributed by atoms with van der Waals surface area (Å²) in [6.07, 6.45) is 0. The smallest absolute Gasteiger partial charge is 0.338 e. The van der Waals surface area contributed by atoms with Gasteiger partial charge in [0, 0.05) is 10.2 Å². The average molecular weight is 420 g/mol. The fourth-order valence-corrected chi connectivity index (χ4v) is 2.70. The number of carbonyl (C=O) groups is 2. The van der Waals surface area contributed by atoms with Gasteiger partial charge < -0.3 is 14.8 Å². The summed E-state index contributed by atoms with van der Waals surface area (Å²) in [6, 6.07) is 8.76.